The van der Waals surface area contributed by atoms with Gasteiger partial charge in [-0.05, 0) is 0 Å². The van der Waals surface area contributed by atoms with Crippen molar-refractivity contribution in [2.75, 3.05) is 72.3 Å². The minimum Gasteiger partial charge on any atom is -0.378 e. The Balaban J connectivity index is 1.83. The van der Waals surface area contributed by atoms with Crippen molar-refractivity contribution in [2.45, 2.75) is 0 Å². The summed E-state index contributed by atoms with van der Waals surface area (Å²) in [5.74, 6) is -1.43. The fraction of sp³-hybridized carbons (Fsp3) is 0.786. The number of carbonyl (C=O) groups excluding carboxylic acids is 3. The standard InChI is InChI=1S/C14H24N4O6S/c1-15(25(2,22)23)11-12(19)16-3-5-17(6-4-16)13(20)14(21)18-7-9-24-10-8-18/h3-11H2,1-2H3. The van der Waals surface area contributed by atoms with Crippen LogP contribution in [0.2, 0.25) is 0 Å². The fourth-order valence-corrected chi connectivity index (χ4v) is 2.95. The van der Waals surface area contributed by atoms with Gasteiger partial charge in [0, 0.05) is 46.3 Å². The van der Waals surface area contributed by atoms with Crippen molar-refractivity contribution < 1.29 is 27.5 Å². The molecule has 0 aromatic carbocycles. The molecule has 0 bridgehead atoms. The number of morpholine rings is 1. The van der Waals surface area contributed by atoms with Gasteiger partial charge in [-0.1, -0.05) is 0 Å². The predicted octanol–water partition coefficient (Wildman–Crippen LogP) is -2.59. The largest absolute Gasteiger partial charge is 0.378 e. The molecule has 25 heavy (non-hydrogen) atoms. The van der Waals surface area contributed by atoms with E-state index >= 15 is 0 Å². The average Bonchev–Trinajstić information content (AvgIpc) is 2.60. The Labute approximate surface area is 147 Å². The zero-order valence-electron chi connectivity index (χ0n) is 14.5. The molecule has 10 nitrogen and oxygen atoms in total. The Morgan fingerprint density at radius 3 is 1.80 bits per heavy atom. The van der Waals surface area contributed by atoms with E-state index in [1.807, 2.05) is 0 Å². The molecule has 0 N–H and O–H groups in total. The molecule has 0 unspecified atom stereocenters. The van der Waals surface area contributed by atoms with E-state index in [1.54, 1.807) is 0 Å². The summed E-state index contributed by atoms with van der Waals surface area (Å²) in [7, 11) is -2.08. The second kappa shape index (κ2) is 8.11. The van der Waals surface area contributed by atoms with E-state index < -0.39 is 21.8 Å². The van der Waals surface area contributed by atoms with Crippen LogP contribution >= 0.6 is 0 Å². The Kier molecular flexibility index (Phi) is 6.36. The molecule has 0 spiro atoms. The van der Waals surface area contributed by atoms with E-state index in [9.17, 15) is 22.8 Å². The molecule has 2 rings (SSSR count). The van der Waals surface area contributed by atoms with Crippen LogP contribution in [-0.4, -0.2) is 117 Å². The molecule has 2 aliphatic heterocycles. The quantitative estimate of drug-likeness (QED) is 0.500. The van der Waals surface area contributed by atoms with Crippen molar-refractivity contribution in [3.05, 3.63) is 0 Å². The summed E-state index contributed by atoms with van der Waals surface area (Å²) in [5, 5.41) is 0. The average molecular weight is 376 g/mol. The van der Waals surface area contributed by atoms with Crippen LogP contribution in [0.1, 0.15) is 0 Å². The van der Waals surface area contributed by atoms with Gasteiger partial charge in [0.25, 0.3) is 0 Å². The van der Waals surface area contributed by atoms with Crippen LogP contribution in [0.15, 0.2) is 0 Å². The first-order valence-corrected chi connectivity index (χ1v) is 9.90. The normalized spacial score (nSPS) is 19.2. The van der Waals surface area contributed by atoms with Crippen molar-refractivity contribution in [1.82, 2.24) is 19.0 Å². The van der Waals surface area contributed by atoms with Gasteiger partial charge in [0.15, 0.2) is 0 Å². The van der Waals surface area contributed by atoms with E-state index in [0.717, 1.165) is 10.6 Å². The van der Waals surface area contributed by atoms with E-state index in [1.165, 1.54) is 21.7 Å². The molecule has 2 heterocycles. The van der Waals surface area contributed by atoms with Crippen LogP contribution in [-0.2, 0) is 29.1 Å². The molecule has 2 saturated heterocycles. The summed E-state index contributed by atoms with van der Waals surface area (Å²) in [5.41, 5.74) is 0. The van der Waals surface area contributed by atoms with Crippen molar-refractivity contribution in [3.8, 4) is 0 Å². The highest BCUT2D eigenvalue weighted by molar-refractivity contribution is 7.88. The summed E-state index contributed by atoms with van der Waals surface area (Å²) in [6.07, 6.45) is 1.04. The molecule has 2 fully saturated rings. The summed E-state index contributed by atoms with van der Waals surface area (Å²) in [6.45, 7) is 2.48. The lowest BCUT2D eigenvalue weighted by atomic mass is 10.2. The van der Waals surface area contributed by atoms with Gasteiger partial charge < -0.3 is 19.4 Å². The molecule has 0 atom stereocenters. The maximum Gasteiger partial charge on any atom is 0.312 e. The highest BCUT2D eigenvalue weighted by Crippen LogP contribution is 2.07. The van der Waals surface area contributed by atoms with Gasteiger partial charge in [-0.3, -0.25) is 14.4 Å². The Bertz CT molecular complexity index is 623. The number of carbonyl (C=O) groups is 3. The van der Waals surface area contributed by atoms with Gasteiger partial charge in [0.2, 0.25) is 15.9 Å². The molecule has 11 heteroatoms. The number of nitrogens with zero attached hydrogens (tertiary/aromatic N) is 4. The summed E-state index contributed by atoms with van der Waals surface area (Å²) in [4.78, 5) is 41.0. The highest BCUT2D eigenvalue weighted by atomic mass is 32.2. The second-order valence-electron chi connectivity index (χ2n) is 6.10. The molecular formula is C14H24N4O6S. The first kappa shape index (κ1) is 19.6. The van der Waals surface area contributed by atoms with Crippen LogP contribution in [0.3, 0.4) is 0 Å². The van der Waals surface area contributed by atoms with Gasteiger partial charge in [-0.2, -0.15) is 4.31 Å². The van der Waals surface area contributed by atoms with E-state index in [0.29, 0.717) is 26.3 Å². The molecule has 3 amide bonds. The molecule has 142 valence electrons. The smallest absolute Gasteiger partial charge is 0.312 e. The van der Waals surface area contributed by atoms with Crippen molar-refractivity contribution >= 4 is 27.7 Å². The molecule has 2 aliphatic rings. The number of amides is 3. The topological polar surface area (TPSA) is 108 Å². The van der Waals surface area contributed by atoms with Crippen LogP contribution in [0.4, 0.5) is 0 Å². The van der Waals surface area contributed by atoms with Crippen LogP contribution < -0.4 is 0 Å². The lowest BCUT2D eigenvalue weighted by Gasteiger charge is -2.36. The second-order valence-corrected chi connectivity index (χ2v) is 8.19. The molecule has 0 aliphatic carbocycles. The SMILES string of the molecule is CN(CC(=O)N1CCN(C(=O)C(=O)N2CCOCC2)CC1)S(C)(=O)=O. The number of sulfonamides is 1. The summed E-state index contributed by atoms with van der Waals surface area (Å²) in [6, 6.07) is 0. The molecular weight excluding hydrogens is 352 g/mol. The highest BCUT2D eigenvalue weighted by Gasteiger charge is 2.31. The number of piperazine rings is 1. The molecule has 0 radical (unpaired) electrons. The van der Waals surface area contributed by atoms with Gasteiger partial charge in [0.05, 0.1) is 26.0 Å². The Morgan fingerprint density at radius 1 is 0.880 bits per heavy atom. The van der Waals surface area contributed by atoms with Crippen molar-refractivity contribution in [3.63, 3.8) is 0 Å². The number of hydrogen-bond donors (Lipinski definition) is 0. The van der Waals surface area contributed by atoms with Gasteiger partial charge >= 0.3 is 11.8 Å². The maximum atomic E-state index is 12.3. The fourth-order valence-electron chi connectivity index (χ4n) is 2.60. The predicted molar refractivity (Wildman–Crippen MR) is 88.0 cm³/mol. The number of likely N-dealkylation sites (N-methyl/N-ethyl adjacent to an activating group) is 1. The zero-order valence-corrected chi connectivity index (χ0v) is 15.3. The minimum atomic E-state index is -3.42. The number of ether oxygens (including phenoxy) is 1. The van der Waals surface area contributed by atoms with Gasteiger partial charge in [-0.25, -0.2) is 8.42 Å². The van der Waals surface area contributed by atoms with Gasteiger partial charge in [0.1, 0.15) is 0 Å². The minimum absolute atomic E-state index is 0.237. The molecule has 0 saturated carbocycles. The number of rotatable bonds is 3. The Hall–Kier alpha value is -1.72. The van der Waals surface area contributed by atoms with Crippen molar-refractivity contribution in [1.29, 1.82) is 0 Å². The van der Waals surface area contributed by atoms with E-state index in [-0.39, 0.29) is 38.6 Å². The van der Waals surface area contributed by atoms with Crippen molar-refractivity contribution in [2.24, 2.45) is 0 Å². The third kappa shape index (κ3) is 5.13. The summed E-state index contributed by atoms with van der Waals surface area (Å²) < 4.78 is 28.9. The third-order valence-corrected chi connectivity index (χ3v) is 5.59. The number of hydrogen-bond acceptors (Lipinski definition) is 6. The summed E-state index contributed by atoms with van der Waals surface area (Å²) >= 11 is 0. The monoisotopic (exact) mass is 376 g/mol. The van der Waals surface area contributed by atoms with Crippen LogP contribution in [0.25, 0.3) is 0 Å². The van der Waals surface area contributed by atoms with Crippen LogP contribution in [0, 0.1) is 0 Å². The van der Waals surface area contributed by atoms with Crippen LogP contribution in [0.5, 0.6) is 0 Å². The van der Waals surface area contributed by atoms with E-state index in [4.69, 9.17) is 4.74 Å². The Morgan fingerprint density at radius 2 is 1.32 bits per heavy atom. The lowest BCUT2D eigenvalue weighted by molar-refractivity contribution is -0.155. The lowest BCUT2D eigenvalue weighted by Crippen LogP contribution is -2.56. The van der Waals surface area contributed by atoms with E-state index in [2.05, 4.69) is 0 Å². The third-order valence-electron chi connectivity index (χ3n) is 4.32. The first-order valence-electron chi connectivity index (χ1n) is 8.05. The zero-order chi connectivity index (χ0) is 18.6. The molecule has 0 aromatic rings. The van der Waals surface area contributed by atoms with Gasteiger partial charge in [-0.15, -0.1) is 0 Å². The maximum absolute atomic E-state index is 12.3. The first-order chi connectivity index (χ1) is 11.7. The molecule has 0 aromatic heterocycles.